The van der Waals surface area contributed by atoms with Gasteiger partial charge in [-0.15, -0.1) is 0 Å². The summed E-state index contributed by atoms with van der Waals surface area (Å²) in [5.74, 6) is 2.73. The normalized spacial score (nSPS) is 10.3. The van der Waals surface area contributed by atoms with Crippen LogP contribution >= 0.6 is 23.4 Å². The van der Waals surface area contributed by atoms with Crippen LogP contribution in [0.4, 0.5) is 5.69 Å². The zero-order valence-electron chi connectivity index (χ0n) is 14.2. The van der Waals surface area contributed by atoms with Crippen LogP contribution in [-0.4, -0.2) is 30.6 Å². The molecule has 0 atom stereocenters. The summed E-state index contributed by atoms with van der Waals surface area (Å²) in [6.45, 7) is 3.10. The predicted molar refractivity (Wildman–Crippen MR) is 105 cm³/mol. The van der Waals surface area contributed by atoms with Crippen LogP contribution < -0.4 is 14.8 Å². The van der Waals surface area contributed by atoms with Crippen LogP contribution in [0.1, 0.15) is 13.3 Å². The number of benzene rings is 2. The van der Waals surface area contributed by atoms with Crippen molar-refractivity contribution in [2.45, 2.75) is 13.3 Å². The second-order valence-electron chi connectivity index (χ2n) is 5.19. The molecule has 2 aromatic rings. The molecule has 0 radical (unpaired) electrons. The Morgan fingerprint density at radius 2 is 1.88 bits per heavy atom. The zero-order valence-corrected chi connectivity index (χ0v) is 15.7. The Bertz CT molecular complexity index is 664. The first-order chi connectivity index (χ1) is 12.2. The van der Waals surface area contributed by atoms with Gasteiger partial charge in [-0.3, -0.25) is 4.79 Å². The molecule has 1 amide bonds. The van der Waals surface area contributed by atoms with E-state index in [9.17, 15) is 4.79 Å². The zero-order chi connectivity index (χ0) is 17.9. The number of amides is 1. The molecule has 0 aliphatic carbocycles. The molecule has 2 aromatic carbocycles. The van der Waals surface area contributed by atoms with Crippen LogP contribution in [0.3, 0.4) is 0 Å². The molecular formula is C19H22ClNO3S. The number of ether oxygens (including phenoxy) is 2. The van der Waals surface area contributed by atoms with E-state index >= 15 is 0 Å². The molecule has 4 nitrogen and oxygen atoms in total. The van der Waals surface area contributed by atoms with Gasteiger partial charge < -0.3 is 14.8 Å². The minimum Gasteiger partial charge on any atom is -0.494 e. The van der Waals surface area contributed by atoms with Gasteiger partial charge in [0.25, 0.3) is 0 Å². The van der Waals surface area contributed by atoms with E-state index in [1.165, 1.54) is 0 Å². The molecule has 0 saturated heterocycles. The molecule has 0 fully saturated rings. The van der Waals surface area contributed by atoms with Gasteiger partial charge in [0, 0.05) is 5.02 Å². The molecule has 2 rings (SSSR count). The number of thioether (sulfide) groups is 1. The van der Waals surface area contributed by atoms with Crippen LogP contribution in [0.5, 0.6) is 11.5 Å². The van der Waals surface area contributed by atoms with Crippen molar-refractivity contribution in [3.8, 4) is 11.5 Å². The highest BCUT2D eigenvalue weighted by molar-refractivity contribution is 7.99. The highest BCUT2D eigenvalue weighted by atomic mass is 35.5. The van der Waals surface area contributed by atoms with Gasteiger partial charge in [0.15, 0.2) is 0 Å². The lowest BCUT2D eigenvalue weighted by Crippen LogP contribution is -2.15. The molecule has 0 spiro atoms. The number of rotatable bonds is 10. The average Bonchev–Trinajstić information content (AvgIpc) is 2.61. The van der Waals surface area contributed by atoms with Gasteiger partial charge >= 0.3 is 0 Å². The summed E-state index contributed by atoms with van der Waals surface area (Å²) in [7, 11) is 0. The van der Waals surface area contributed by atoms with E-state index in [1.54, 1.807) is 23.9 Å². The van der Waals surface area contributed by atoms with Gasteiger partial charge in [-0.25, -0.2) is 0 Å². The third-order valence-corrected chi connectivity index (χ3v) is 4.51. The van der Waals surface area contributed by atoms with Gasteiger partial charge in [-0.2, -0.15) is 11.8 Å². The van der Waals surface area contributed by atoms with E-state index in [0.29, 0.717) is 35.4 Å². The number of hydrogen-bond acceptors (Lipinski definition) is 4. The standard InChI is InChI=1S/C19H22ClNO3S/c1-2-23-18-7-4-3-6-17(18)21-19(22)14-25-13-5-12-24-16-10-8-15(20)9-11-16/h3-4,6-11H,2,5,12-14H2,1H3,(H,21,22). The van der Waals surface area contributed by atoms with Gasteiger partial charge in [0.05, 0.1) is 24.7 Å². The van der Waals surface area contributed by atoms with Gasteiger partial charge in [-0.1, -0.05) is 23.7 Å². The SMILES string of the molecule is CCOc1ccccc1NC(=O)CSCCCOc1ccc(Cl)cc1. The van der Waals surface area contributed by atoms with Crippen LogP contribution in [0.25, 0.3) is 0 Å². The van der Waals surface area contributed by atoms with Crippen molar-refractivity contribution in [3.05, 3.63) is 53.6 Å². The lowest BCUT2D eigenvalue weighted by molar-refractivity contribution is -0.113. The fourth-order valence-corrected chi connectivity index (χ4v) is 2.93. The molecule has 0 aromatic heterocycles. The van der Waals surface area contributed by atoms with Crippen molar-refractivity contribution < 1.29 is 14.3 Å². The first-order valence-electron chi connectivity index (χ1n) is 8.17. The number of anilines is 1. The van der Waals surface area contributed by atoms with Crippen LogP contribution in [-0.2, 0) is 4.79 Å². The quantitative estimate of drug-likeness (QED) is 0.597. The molecule has 25 heavy (non-hydrogen) atoms. The number of para-hydroxylation sites is 2. The fourth-order valence-electron chi connectivity index (χ4n) is 2.08. The average molecular weight is 380 g/mol. The van der Waals surface area contributed by atoms with Crippen molar-refractivity contribution in [2.24, 2.45) is 0 Å². The van der Waals surface area contributed by atoms with E-state index in [-0.39, 0.29) is 5.91 Å². The Morgan fingerprint density at radius 3 is 2.64 bits per heavy atom. The molecule has 0 heterocycles. The number of carbonyl (C=O) groups excluding carboxylic acids is 1. The fraction of sp³-hybridized carbons (Fsp3) is 0.316. The monoisotopic (exact) mass is 379 g/mol. The van der Waals surface area contributed by atoms with Gasteiger partial charge in [-0.05, 0) is 55.5 Å². The maximum atomic E-state index is 12.0. The lowest BCUT2D eigenvalue weighted by Gasteiger charge is -2.11. The number of carbonyl (C=O) groups is 1. The molecule has 134 valence electrons. The van der Waals surface area contributed by atoms with Crippen molar-refractivity contribution in [1.29, 1.82) is 0 Å². The Hall–Kier alpha value is -1.85. The molecule has 0 aliphatic rings. The Morgan fingerprint density at radius 1 is 1.12 bits per heavy atom. The molecule has 1 N–H and O–H groups in total. The van der Waals surface area contributed by atoms with Crippen molar-refractivity contribution >= 4 is 35.0 Å². The summed E-state index contributed by atoms with van der Waals surface area (Å²) < 4.78 is 11.1. The largest absolute Gasteiger partial charge is 0.494 e. The van der Waals surface area contributed by atoms with Crippen LogP contribution in [0.2, 0.25) is 5.02 Å². The minimum absolute atomic E-state index is 0.0317. The highest BCUT2D eigenvalue weighted by Crippen LogP contribution is 2.23. The highest BCUT2D eigenvalue weighted by Gasteiger charge is 2.07. The number of nitrogens with one attached hydrogen (secondary N) is 1. The molecule has 0 bridgehead atoms. The van der Waals surface area contributed by atoms with Crippen molar-refractivity contribution in [3.63, 3.8) is 0 Å². The Kier molecular flexibility index (Phi) is 8.49. The van der Waals surface area contributed by atoms with Gasteiger partial charge in [0.2, 0.25) is 5.91 Å². The van der Waals surface area contributed by atoms with E-state index in [2.05, 4.69) is 5.32 Å². The van der Waals surface area contributed by atoms with Crippen molar-refractivity contribution in [1.82, 2.24) is 0 Å². The number of halogens is 1. The summed E-state index contributed by atoms with van der Waals surface area (Å²) in [6.07, 6.45) is 0.871. The molecule has 6 heteroatoms. The maximum absolute atomic E-state index is 12.0. The second-order valence-corrected chi connectivity index (χ2v) is 6.73. The van der Waals surface area contributed by atoms with E-state index < -0.39 is 0 Å². The van der Waals surface area contributed by atoms with E-state index in [4.69, 9.17) is 21.1 Å². The molecule has 0 saturated carbocycles. The summed E-state index contributed by atoms with van der Waals surface area (Å²) in [4.78, 5) is 12.0. The third kappa shape index (κ3) is 7.28. The van der Waals surface area contributed by atoms with Crippen LogP contribution in [0, 0.1) is 0 Å². The second kappa shape index (κ2) is 10.9. The maximum Gasteiger partial charge on any atom is 0.234 e. The first-order valence-corrected chi connectivity index (χ1v) is 9.70. The summed E-state index contributed by atoms with van der Waals surface area (Å²) in [5.41, 5.74) is 0.709. The van der Waals surface area contributed by atoms with Gasteiger partial charge in [0.1, 0.15) is 11.5 Å². The van der Waals surface area contributed by atoms with Crippen molar-refractivity contribution in [2.75, 3.05) is 30.0 Å². The summed E-state index contributed by atoms with van der Waals surface area (Å²) >= 11 is 7.41. The third-order valence-electron chi connectivity index (χ3n) is 3.21. The van der Waals surface area contributed by atoms with E-state index in [1.807, 2.05) is 43.3 Å². The smallest absolute Gasteiger partial charge is 0.234 e. The lowest BCUT2D eigenvalue weighted by atomic mass is 10.3. The summed E-state index contributed by atoms with van der Waals surface area (Å²) in [6, 6.07) is 14.7. The number of hydrogen-bond donors (Lipinski definition) is 1. The molecular weight excluding hydrogens is 358 g/mol. The molecule has 0 unspecified atom stereocenters. The van der Waals surface area contributed by atoms with Crippen LogP contribution in [0.15, 0.2) is 48.5 Å². The van der Waals surface area contributed by atoms with E-state index in [0.717, 1.165) is 17.9 Å². The minimum atomic E-state index is -0.0317. The Balaban J connectivity index is 1.61. The Labute approximate surface area is 157 Å². The molecule has 0 aliphatic heterocycles. The predicted octanol–water partition coefficient (Wildman–Crippen LogP) is 4.88. The topological polar surface area (TPSA) is 47.6 Å². The summed E-state index contributed by atoms with van der Waals surface area (Å²) in [5, 5.41) is 3.58. The first kappa shape index (κ1) is 19.5.